The van der Waals surface area contributed by atoms with E-state index in [1.54, 1.807) is 0 Å². The lowest BCUT2D eigenvalue weighted by Gasteiger charge is -2.09. The number of benzene rings is 2. The van der Waals surface area contributed by atoms with Gasteiger partial charge < -0.3 is 0 Å². The molecule has 0 aliphatic rings. The Morgan fingerprint density at radius 3 is 2.25 bits per heavy atom. The van der Waals surface area contributed by atoms with Crippen LogP contribution in [0, 0.1) is 13.8 Å². The lowest BCUT2D eigenvalue weighted by Crippen LogP contribution is -1.91. The fraction of sp³-hybridized carbons (Fsp3) is 0.250. The summed E-state index contributed by atoms with van der Waals surface area (Å²) in [4.78, 5) is 0. The average Bonchev–Trinajstić information content (AvgIpc) is 2.60. The van der Waals surface area contributed by atoms with E-state index in [4.69, 9.17) is 0 Å². The van der Waals surface area contributed by atoms with Gasteiger partial charge in [0.05, 0.1) is 0 Å². The first-order valence-corrected chi connectivity index (χ1v) is 8.65. The second-order valence-electron chi connectivity index (χ2n) is 6.47. The summed E-state index contributed by atoms with van der Waals surface area (Å²) >= 11 is 0. The van der Waals surface area contributed by atoms with Crippen LogP contribution in [0.2, 0.25) is 0 Å². The zero-order valence-electron chi connectivity index (χ0n) is 15.4. The highest BCUT2D eigenvalue weighted by atomic mass is 14.1. The van der Waals surface area contributed by atoms with E-state index in [9.17, 15) is 0 Å². The third-order valence-electron chi connectivity index (χ3n) is 4.57. The maximum absolute atomic E-state index is 4.28. The summed E-state index contributed by atoms with van der Waals surface area (Å²) in [7, 11) is 0. The molecule has 0 heterocycles. The Morgan fingerprint density at radius 1 is 0.958 bits per heavy atom. The van der Waals surface area contributed by atoms with Crippen molar-refractivity contribution in [3.05, 3.63) is 95.1 Å². The summed E-state index contributed by atoms with van der Waals surface area (Å²) < 4.78 is 0. The van der Waals surface area contributed by atoms with E-state index in [1.165, 1.54) is 39.0 Å². The van der Waals surface area contributed by atoms with Crippen molar-refractivity contribution < 1.29 is 0 Å². The summed E-state index contributed by atoms with van der Waals surface area (Å²) in [5, 5.41) is 0. The molecule has 124 valence electrons. The van der Waals surface area contributed by atoms with Crippen LogP contribution >= 0.6 is 0 Å². The van der Waals surface area contributed by atoms with E-state index in [-0.39, 0.29) is 0 Å². The predicted molar refractivity (Wildman–Crippen MR) is 108 cm³/mol. The van der Waals surface area contributed by atoms with Gasteiger partial charge in [0, 0.05) is 0 Å². The Labute approximate surface area is 147 Å². The minimum Gasteiger partial charge on any atom is -0.0952 e. The van der Waals surface area contributed by atoms with Gasteiger partial charge in [0.25, 0.3) is 0 Å². The van der Waals surface area contributed by atoms with Gasteiger partial charge in [-0.1, -0.05) is 67.3 Å². The standard InChI is InChI=1S/C24H28/c1-6-7-8-19(3)23-13-15-24(16-14-23)20(4)10-12-22-11-9-18(2)21(5)17-22/h6-9,11,13-17H,4,10,12H2,1-3,5H3/b7-6-,19-8+. The van der Waals surface area contributed by atoms with Crippen molar-refractivity contribution in [3.8, 4) is 0 Å². The molecule has 2 aromatic carbocycles. The van der Waals surface area contributed by atoms with Crippen LogP contribution in [0.3, 0.4) is 0 Å². The predicted octanol–water partition coefficient (Wildman–Crippen LogP) is 6.93. The molecule has 0 unspecified atom stereocenters. The Morgan fingerprint density at radius 2 is 1.62 bits per heavy atom. The van der Waals surface area contributed by atoms with E-state index in [0.717, 1.165) is 12.8 Å². The molecule has 0 amide bonds. The summed E-state index contributed by atoms with van der Waals surface area (Å²) in [6, 6.07) is 15.5. The molecule has 0 N–H and O–H groups in total. The lowest BCUT2D eigenvalue weighted by atomic mass is 9.96. The van der Waals surface area contributed by atoms with Crippen molar-refractivity contribution in [2.24, 2.45) is 0 Å². The Kier molecular flexibility index (Phi) is 6.37. The van der Waals surface area contributed by atoms with Crippen molar-refractivity contribution in [3.63, 3.8) is 0 Å². The quantitative estimate of drug-likeness (QED) is 0.507. The van der Waals surface area contributed by atoms with Crippen molar-refractivity contribution in [2.75, 3.05) is 0 Å². The minimum absolute atomic E-state index is 0.995. The number of aryl methyl sites for hydroxylation is 3. The van der Waals surface area contributed by atoms with Crippen LogP contribution < -0.4 is 0 Å². The van der Waals surface area contributed by atoms with Gasteiger partial charge in [-0.05, 0) is 79.5 Å². The lowest BCUT2D eigenvalue weighted by molar-refractivity contribution is 1.01. The van der Waals surface area contributed by atoms with Gasteiger partial charge in [-0.25, -0.2) is 0 Å². The molecule has 0 spiro atoms. The third-order valence-corrected chi connectivity index (χ3v) is 4.57. The Hall–Kier alpha value is -2.34. The Balaban J connectivity index is 2.01. The van der Waals surface area contributed by atoms with Crippen molar-refractivity contribution in [2.45, 2.75) is 40.5 Å². The van der Waals surface area contributed by atoms with Gasteiger partial charge in [-0.15, -0.1) is 0 Å². The van der Waals surface area contributed by atoms with Crippen molar-refractivity contribution in [1.29, 1.82) is 0 Å². The van der Waals surface area contributed by atoms with Gasteiger partial charge in [-0.3, -0.25) is 0 Å². The molecule has 2 rings (SSSR count). The van der Waals surface area contributed by atoms with Crippen molar-refractivity contribution >= 4 is 11.1 Å². The molecule has 2 aromatic rings. The second-order valence-corrected chi connectivity index (χ2v) is 6.47. The summed E-state index contributed by atoms with van der Waals surface area (Å²) in [5.74, 6) is 0. The fourth-order valence-corrected chi connectivity index (χ4v) is 2.70. The van der Waals surface area contributed by atoms with E-state index >= 15 is 0 Å². The molecule has 24 heavy (non-hydrogen) atoms. The van der Waals surface area contributed by atoms with Gasteiger partial charge in [0.1, 0.15) is 0 Å². The number of hydrogen-bond donors (Lipinski definition) is 0. The zero-order valence-corrected chi connectivity index (χ0v) is 15.4. The van der Waals surface area contributed by atoms with Gasteiger partial charge in [-0.2, -0.15) is 0 Å². The van der Waals surface area contributed by atoms with Crippen LogP contribution in [0.4, 0.5) is 0 Å². The topological polar surface area (TPSA) is 0 Å². The summed E-state index contributed by atoms with van der Waals surface area (Å²) in [5.41, 5.74) is 9.09. The van der Waals surface area contributed by atoms with E-state index in [2.05, 4.69) is 82.0 Å². The molecule has 0 aliphatic carbocycles. The molecule has 0 nitrogen and oxygen atoms in total. The smallest absolute Gasteiger partial charge is 0.0227 e. The number of rotatable bonds is 6. The first-order valence-electron chi connectivity index (χ1n) is 8.65. The van der Waals surface area contributed by atoms with Crippen LogP contribution in [-0.4, -0.2) is 0 Å². The fourth-order valence-electron chi connectivity index (χ4n) is 2.70. The highest BCUT2D eigenvalue weighted by Crippen LogP contribution is 2.22. The highest BCUT2D eigenvalue weighted by molar-refractivity contribution is 5.69. The van der Waals surface area contributed by atoms with Crippen molar-refractivity contribution in [1.82, 2.24) is 0 Å². The molecule has 0 saturated carbocycles. The number of allylic oxidation sites excluding steroid dienone is 5. The third kappa shape index (κ3) is 4.83. The Bertz CT molecular complexity index is 755. The first-order chi connectivity index (χ1) is 11.5. The maximum atomic E-state index is 4.28. The summed E-state index contributed by atoms with van der Waals surface area (Å²) in [6.45, 7) is 12.8. The zero-order chi connectivity index (χ0) is 17.5. The monoisotopic (exact) mass is 316 g/mol. The molecule has 0 aliphatic heterocycles. The largest absolute Gasteiger partial charge is 0.0952 e. The minimum atomic E-state index is 0.995. The molecule has 0 bridgehead atoms. The molecule has 0 atom stereocenters. The summed E-state index contributed by atoms with van der Waals surface area (Å²) in [6.07, 6.45) is 8.30. The van der Waals surface area contributed by atoms with Gasteiger partial charge in [0.15, 0.2) is 0 Å². The SMILES string of the molecule is C=C(CCc1ccc(C)c(C)c1)c1ccc(/C(C)=C/C=C\C)cc1. The molecule has 0 radical (unpaired) electrons. The van der Waals surface area contributed by atoms with Crippen LogP contribution in [-0.2, 0) is 6.42 Å². The first kappa shape index (κ1) is 18.0. The molecular weight excluding hydrogens is 288 g/mol. The van der Waals surface area contributed by atoms with Gasteiger partial charge in [0.2, 0.25) is 0 Å². The normalized spacial score (nSPS) is 11.9. The van der Waals surface area contributed by atoms with Crippen LogP contribution in [0.25, 0.3) is 11.1 Å². The molecule has 0 aromatic heterocycles. The molecule has 0 fully saturated rings. The van der Waals surface area contributed by atoms with Crippen LogP contribution in [0.1, 0.15) is 48.1 Å². The van der Waals surface area contributed by atoms with Crippen LogP contribution in [0.5, 0.6) is 0 Å². The van der Waals surface area contributed by atoms with Gasteiger partial charge >= 0.3 is 0 Å². The molecule has 0 heteroatoms. The van der Waals surface area contributed by atoms with E-state index in [1.807, 2.05) is 13.0 Å². The average molecular weight is 316 g/mol. The molecular formula is C24H28. The highest BCUT2D eigenvalue weighted by Gasteiger charge is 2.03. The second kappa shape index (κ2) is 8.49. The number of hydrogen-bond acceptors (Lipinski definition) is 0. The van der Waals surface area contributed by atoms with E-state index in [0.29, 0.717) is 0 Å². The maximum Gasteiger partial charge on any atom is -0.0227 e. The van der Waals surface area contributed by atoms with E-state index < -0.39 is 0 Å². The van der Waals surface area contributed by atoms with Crippen LogP contribution in [0.15, 0.2) is 67.3 Å². The molecule has 0 saturated heterocycles.